The summed E-state index contributed by atoms with van der Waals surface area (Å²) in [5, 5.41) is 8.62. The fraction of sp³-hybridized carbons (Fsp3) is 0.625. The molecule has 3 nitrogen and oxygen atoms in total. The molecule has 0 aromatic rings. The van der Waals surface area contributed by atoms with E-state index in [1.54, 1.807) is 0 Å². The van der Waals surface area contributed by atoms with Crippen molar-refractivity contribution in [2.45, 2.75) is 24.4 Å². The Kier molecular flexibility index (Phi) is 4.58. The molecule has 0 spiro atoms. The largest absolute Gasteiger partial charge is 0.466 e. The smallest absolute Gasteiger partial charge is 0.426 e. The lowest BCUT2D eigenvalue weighted by atomic mass is 9.98. The summed E-state index contributed by atoms with van der Waals surface area (Å²) in [6, 6.07) is 0. The van der Waals surface area contributed by atoms with Gasteiger partial charge in [-0.15, -0.1) is 0 Å². The van der Waals surface area contributed by atoms with Crippen LogP contribution in [-0.4, -0.2) is 36.1 Å². The Hall–Kier alpha value is -1.25. The van der Waals surface area contributed by atoms with Crippen LogP contribution in [0.15, 0.2) is 12.2 Å². The Bertz CT molecular complexity index is 289. The van der Waals surface area contributed by atoms with Crippen LogP contribution in [0.4, 0.5) is 26.3 Å². The lowest BCUT2D eigenvalue weighted by Crippen LogP contribution is -2.56. The lowest BCUT2D eigenvalue weighted by molar-refractivity contribution is -0.366. The van der Waals surface area contributed by atoms with E-state index in [4.69, 9.17) is 5.11 Å². The first-order valence-corrected chi connectivity index (χ1v) is 4.06. The summed E-state index contributed by atoms with van der Waals surface area (Å²) in [7, 11) is 0.895. The van der Waals surface area contributed by atoms with Crippen molar-refractivity contribution < 1.29 is 41.0 Å². The third kappa shape index (κ3) is 3.62. The van der Waals surface area contributed by atoms with Crippen molar-refractivity contribution in [3.63, 3.8) is 0 Å². The van der Waals surface area contributed by atoms with E-state index >= 15 is 0 Å². The summed E-state index contributed by atoms with van der Waals surface area (Å²) in [4.78, 5) is 10.4. The van der Waals surface area contributed by atoms with E-state index in [1.165, 1.54) is 0 Å². The minimum atomic E-state index is -5.90. The van der Waals surface area contributed by atoms with Crippen LogP contribution < -0.4 is 0 Å². The minimum absolute atomic E-state index is 0.243. The second-order valence-corrected chi connectivity index (χ2v) is 2.99. The number of hydrogen-bond acceptors (Lipinski definition) is 3. The van der Waals surface area contributed by atoms with Crippen molar-refractivity contribution in [1.29, 1.82) is 0 Å². The number of methoxy groups -OCH3 is 1. The zero-order valence-corrected chi connectivity index (χ0v) is 8.39. The first-order chi connectivity index (χ1) is 7.45. The van der Waals surface area contributed by atoms with Gasteiger partial charge < -0.3 is 9.84 Å². The van der Waals surface area contributed by atoms with Crippen LogP contribution in [0.5, 0.6) is 0 Å². The van der Waals surface area contributed by atoms with Gasteiger partial charge in [0.15, 0.2) is 0 Å². The fourth-order valence-electron chi connectivity index (χ4n) is 0.786. The molecule has 0 aliphatic rings. The molecule has 0 amide bonds. The third-order valence-electron chi connectivity index (χ3n) is 1.81. The molecule has 0 saturated carbocycles. The van der Waals surface area contributed by atoms with Crippen molar-refractivity contribution in [1.82, 2.24) is 0 Å². The Morgan fingerprint density at radius 2 is 1.59 bits per heavy atom. The van der Waals surface area contributed by atoms with Gasteiger partial charge in [-0.3, -0.25) is 0 Å². The molecule has 0 heterocycles. The van der Waals surface area contributed by atoms with Gasteiger partial charge in [0.25, 0.3) is 5.60 Å². The van der Waals surface area contributed by atoms with Gasteiger partial charge in [0.2, 0.25) is 0 Å². The van der Waals surface area contributed by atoms with E-state index in [-0.39, 0.29) is 6.08 Å². The maximum absolute atomic E-state index is 12.1. The predicted octanol–water partition coefficient (Wildman–Crippen LogP) is 1.96. The standard InChI is InChI=1S/C8H8F6O3/c1-17-5(15)3-2-4-6(16,7(9,10)11)8(12,13)14/h2-3,16H,4H2,1H3. The van der Waals surface area contributed by atoms with Crippen LogP contribution in [0.2, 0.25) is 0 Å². The lowest BCUT2D eigenvalue weighted by Gasteiger charge is -2.31. The van der Waals surface area contributed by atoms with Gasteiger partial charge in [-0.1, -0.05) is 6.08 Å². The molecule has 1 N–H and O–H groups in total. The maximum atomic E-state index is 12.1. The van der Waals surface area contributed by atoms with Crippen LogP contribution in [-0.2, 0) is 9.53 Å². The number of halogens is 6. The quantitative estimate of drug-likeness (QED) is 0.482. The molecule has 0 bridgehead atoms. The summed E-state index contributed by atoms with van der Waals surface area (Å²) in [6.45, 7) is 0. The topological polar surface area (TPSA) is 46.5 Å². The monoisotopic (exact) mass is 266 g/mol. The zero-order chi connectivity index (χ0) is 13.9. The number of aliphatic hydroxyl groups is 1. The highest BCUT2D eigenvalue weighted by Crippen LogP contribution is 2.45. The molecule has 0 atom stereocenters. The average Bonchev–Trinajstić information content (AvgIpc) is 2.13. The molecule has 0 aliphatic carbocycles. The molecule has 17 heavy (non-hydrogen) atoms. The van der Waals surface area contributed by atoms with Crippen molar-refractivity contribution in [3.05, 3.63) is 12.2 Å². The molecule has 0 radical (unpaired) electrons. The van der Waals surface area contributed by atoms with Crippen LogP contribution in [0.3, 0.4) is 0 Å². The van der Waals surface area contributed by atoms with Crippen molar-refractivity contribution >= 4 is 5.97 Å². The van der Waals surface area contributed by atoms with Gasteiger partial charge in [-0.2, -0.15) is 26.3 Å². The Labute approximate surface area is 91.7 Å². The molecule has 100 valence electrons. The van der Waals surface area contributed by atoms with E-state index in [9.17, 15) is 31.1 Å². The van der Waals surface area contributed by atoms with Gasteiger partial charge >= 0.3 is 18.3 Å². The number of esters is 1. The minimum Gasteiger partial charge on any atom is -0.466 e. The normalized spacial score (nSPS) is 14.1. The van der Waals surface area contributed by atoms with Gasteiger partial charge in [0.05, 0.1) is 7.11 Å². The molecule has 0 saturated heterocycles. The highest BCUT2D eigenvalue weighted by Gasteiger charge is 2.69. The van der Waals surface area contributed by atoms with Crippen molar-refractivity contribution in [2.24, 2.45) is 0 Å². The van der Waals surface area contributed by atoms with E-state index < -0.39 is 30.3 Å². The van der Waals surface area contributed by atoms with Gasteiger partial charge in [0.1, 0.15) is 0 Å². The SMILES string of the molecule is COC(=O)C=CCC(O)(C(F)(F)F)C(F)(F)F. The molecule has 0 aromatic carbocycles. The number of alkyl halides is 6. The van der Waals surface area contributed by atoms with Gasteiger partial charge in [-0.05, 0) is 0 Å². The number of hydrogen-bond donors (Lipinski definition) is 1. The molecule has 0 fully saturated rings. The van der Waals surface area contributed by atoms with E-state index in [1.807, 2.05) is 0 Å². The predicted molar refractivity (Wildman–Crippen MR) is 42.8 cm³/mol. The van der Waals surface area contributed by atoms with Crippen molar-refractivity contribution in [3.8, 4) is 0 Å². The van der Waals surface area contributed by atoms with E-state index in [0.717, 1.165) is 7.11 Å². The summed E-state index contributed by atoms with van der Waals surface area (Å²) < 4.78 is 76.5. The summed E-state index contributed by atoms with van der Waals surface area (Å²) in [5.41, 5.74) is -4.88. The Morgan fingerprint density at radius 1 is 1.18 bits per heavy atom. The van der Waals surface area contributed by atoms with Crippen LogP contribution in [0, 0.1) is 0 Å². The summed E-state index contributed by atoms with van der Waals surface area (Å²) in [5.74, 6) is -1.13. The Balaban J connectivity index is 5.01. The molecule has 0 aromatic heterocycles. The second kappa shape index (κ2) is 4.94. The van der Waals surface area contributed by atoms with Crippen molar-refractivity contribution in [2.75, 3.05) is 7.11 Å². The highest BCUT2D eigenvalue weighted by atomic mass is 19.4. The average molecular weight is 266 g/mol. The van der Waals surface area contributed by atoms with Gasteiger partial charge in [-0.25, -0.2) is 4.79 Å². The highest BCUT2D eigenvalue weighted by molar-refractivity contribution is 5.81. The molecule has 9 heteroatoms. The zero-order valence-electron chi connectivity index (χ0n) is 8.39. The van der Waals surface area contributed by atoms with Crippen LogP contribution in [0.25, 0.3) is 0 Å². The van der Waals surface area contributed by atoms with Crippen LogP contribution in [0.1, 0.15) is 6.42 Å². The summed E-state index contributed by atoms with van der Waals surface area (Å²) >= 11 is 0. The van der Waals surface area contributed by atoms with Crippen LogP contribution >= 0.6 is 0 Å². The first-order valence-electron chi connectivity index (χ1n) is 4.06. The van der Waals surface area contributed by atoms with Gasteiger partial charge in [0, 0.05) is 12.5 Å². The number of carbonyl (C=O) groups is 1. The van der Waals surface area contributed by atoms with E-state index in [0.29, 0.717) is 6.08 Å². The maximum Gasteiger partial charge on any atom is 0.426 e. The third-order valence-corrected chi connectivity index (χ3v) is 1.81. The molecule has 0 rings (SSSR count). The Morgan fingerprint density at radius 3 is 1.88 bits per heavy atom. The second-order valence-electron chi connectivity index (χ2n) is 2.99. The molecule has 0 aliphatic heterocycles. The molecular formula is C8H8F6O3. The fourth-order valence-corrected chi connectivity index (χ4v) is 0.786. The summed E-state index contributed by atoms with van der Waals surface area (Å²) in [6.07, 6.45) is -13.0. The number of carbonyl (C=O) groups excluding carboxylic acids is 1. The first kappa shape index (κ1) is 15.8. The number of rotatable bonds is 3. The molecular weight excluding hydrogens is 258 g/mol. The van der Waals surface area contributed by atoms with E-state index in [2.05, 4.69) is 4.74 Å². The molecule has 0 unspecified atom stereocenters. The number of ether oxygens (including phenoxy) is 1.